The molecule has 1 fully saturated rings. The molecule has 4 heteroatoms. The topological polar surface area (TPSA) is 46.5 Å². The lowest BCUT2D eigenvalue weighted by atomic mass is 9.68. The molecule has 3 unspecified atom stereocenters. The molecule has 0 aromatic carbocycles. The van der Waals surface area contributed by atoms with E-state index in [-0.39, 0.29) is 18.4 Å². The Kier molecular flexibility index (Phi) is 4.92. The first kappa shape index (κ1) is 14.4. The van der Waals surface area contributed by atoms with Gasteiger partial charge < -0.3 is 9.84 Å². The highest BCUT2D eigenvalue weighted by atomic mass is 19.1. The van der Waals surface area contributed by atoms with Gasteiger partial charge in [-0.25, -0.2) is 9.18 Å². The summed E-state index contributed by atoms with van der Waals surface area (Å²) < 4.78 is 18.8. The van der Waals surface area contributed by atoms with Gasteiger partial charge in [-0.2, -0.15) is 0 Å². The summed E-state index contributed by atoms with van der Waals surface area (Å²) in [5.41, 5.74) is -1.54. The summed E-state index contributed by atoms with van der Waals surface area (Å²) in [7, 11) is 0. The fourth-order valence-electron chi connectivity index (χ4n) is 2.85. The van der Waals surface area contributed by atoms with Gasteiger partial charge in [-0.15, -0.1) is 0 Å². The van der Waals surface area contributed by atoms with E-state index < -0.39 is 17.7 Å². The van der Waals surface area contributed by atoms with E-state index in [0.717, 1.165) is 19.3 Å². The van der Waals surface area contributed by atoms with Crippen molar-refractivity contribution in [3.8, 4) is 0 Å². The van der Waals surface area contributed by atoms with Gasteiger partial charge in [0.25, 0.3) is 0 Å². The highest BCUT2D eigenvalue weighted by Crippen LogP contribution is 2.41. The monoisotopic (exact) mass is 246 g/mol. The van der Waals surface area contributed by atoms with Crippen molar-refractivity contribution in [2.75, 3.05) is 6.61 Å². The Morgan fingerprint density at radius 1 is 1.53 bits per heavy atom. The van der Waals surface area contributed by atoms with Gasteiger partial charge in [0, 0.05) is 0 Å². The predicted molar refractivity (Wildman–Crippen MR) is 63.3 cm³/mol. The third-order valence-corrected chi connectivity index (χ3v) is 3.72. The SMILES string of the molecule is CCOC(=O)C(F)C1(O)CCCCC1C(C)C. The van der Waals surface area contributed by atoms with E-state index in [1.807, 2.05) is 13.8 Å². The Balaban J connectivity index is 2.84. The zero-order valence-electron chi connectivity index (χ0n) is 10.9. The number of halogens is 1. The first-order valence-electron chi connectivity index (χ1n) is 6.46. The van der Waals surface area contributed by atoms with Crippen LogP contribution in [-0.4, -0.2) is 29.5 Å². The second-order valence-electron chi connectivity index (χ2n) is 5.20. The standard InChI is InChI=1S/C13H23FO3/c1-4-17-12(15)11(14)13(16)8-6-5-7-10(13)9(2)3/h9-11,16H,4-8H2,1-3H3. The number of carbonyl (C=O) groups excluding carboxylic acids is 1. The molecular formula is C13H23FO3. The zero-order chi connectivity index (χ0) is 13.1. The number of alkyl halides is 1. The molecule has 1 aliphatic carbocycles. The van der Waals surface area contributed by atoms with Crippen molar-refractivity contribution in [3.63, 3.8) is 0 Å². The van der Waals surface area contributed by atoms with E-state index in [4.69, 9.17) is 0 Å². The Hall–Kier alpha value is -0.640. The predicted octanol–water partition coefficient (Wildman–Crippen LogP) is 2.46. The molecule has 1 saturated carbocycles. The minimum atomic E-state index is -1.92. The van der Waals surface area contributed by atoms with E-state index in [1.54, 1.807) is 6.92 Å². The molecule has 1 aliphatic rings. The minimum Gasteiger partial charge on any atom is -0.464 e. The van der Waals surface area contributed by atoms with Crippen molar-refractivity contribution < 1.29 is 19.0 Å². The normalized spacial score (nSPS) is 31.3. The molecule has 1 N–H and O–H groups in total. The number of carbonyl (C=O) groups is 1. The van der Waals surface area contributed by atoms with Gasteiger partial charge in [-0.05, 0) is 31.6 Å². The van der Waals surface area contributed by atoms with Crippen LogP contribution in [0.2, 0.25) is 0 Å². The van der Waals surface area contributed by atoms with E-state index in [1.165, 1.54) is 0 Å². The maximum Gasteiger partial charge on any atom is 0.343 e. The van der Waals surface area contributed by atoms with Crippen LogP contribution in [0.5, 0.6) is 0 Å². The summed E-state index contributed by atoms with van der Waals surface area (Å²) in [5, 5.41) is 10.5. The van der Waals surface area contributed by atoms with Crippen molar-refractivity contribution in [1.29, 1.82) is 0 Å². The summed E-state index contributed by atoms with van der Waals surface area (Å²) in [6.07, 6.45) is 0.944. The molecular weight excluding hydrogens is 223 g/mol. The number of hydrogen-bond acceptors (Lipinski definition) is 3. The summed E-state index contributed by atoms with van der Waals surface area (Å²) in [6, 6.07) is 0. The van der Waals surface area contributed by atoms with Crippen molar-refractivity contribution in [1.82, 2.24) is 0 Å². The molecule has 3 atom stereocenters. The van der Waals surface area contributed by atoms with E-state index >= 15 is 0 Å². The molecule has 1 rings (SSSR count). The Bertz CT molecular complexity index is 267. The Labute approximate surface area is 102 Å². The molecule has 0 saturated heterocycles. The number of aliphatic hydroxyl groups is 1. The maximum atomic E-state index is 14.1. The first-order chi connectivity index (χ1) is 7.93. The Morgan fingerprint density at radius 3 is 2.71 bits per heavy atom. The van der Waals surface area contributed by atoms with Crippen molar-refractivity contribution in [2.24, 2.45) is 11.8 Å². The van der Waals surface area contributed by atoms with Crippen molar-refractivity contribution >= 4 is 5.97 Å². The van der Waals surface area contributed by atoms with E-state index in [9.17, 15) is 14.3 Å². The fourth-order valence-corrected chi connectivity index (χ4v) is 2.85. The average Bonchev–Trinajstić information content (AvgIpc) is 2.28. The second-order valence-corrected chi connectivity index (χ2v) is 5.20. The van der Waals surface area contributed by atoms with E-state index in [2.05, 4.69) is 4.74 Å². The average molecular weight is 246 g/mol. The molecule has 0 aromatic heterocycles. The van der Waals surface area contributed by atoms with Gasteiger partial charge in [0.15, 0.2) is 0 Å². The third-order valence-electron chi connectivity index (χ3n) is 3.72. The molecule has 17 heavy (non-hydrogen) atoms. The van der Waals surface area contributed by atoms with Crippen molar-refractivity contribution in [3.05, 3.63) is 0 Å². The lowest BCUT2D eigenvalue weighted by molar-refractivity contribution is -0.173. The van der Waals surface area contributed by atoms with Crippen LogP contribution >= 0.6 is 0 Å². The molecule has 0 heterocycles. The van der Waals surface area contributed by atoms with Crippen LogP contribution in [0.25, 0.3) is 0 Å². The lowest BCUT2D eigenvalue weighted by Gasteiger charge is -2.43. The quantitative estimate of drug-likeness (QED) is 0.775. The summed E-state index contributed by atoms with van der Waals surface area (Å²) in [5.74, 6) is -0.939. The van der Waals surface area contributed by atoms with Crippen LogP contribution in [0.4, 0.5) is 4.39 Å². The highest BCUT2D eigenvalue weighted by molar-refractivity contribution is 5.76. The van der Waals surface area contributed by atoms with Crippen LogP contribution in [0.15, 0.2) is 0 Å². The van der Waals surface area contributed by atoms with Crippen LogP contribution in [0.1, 0.15) is 46.5 Å². The van der Waals surface area contributed by atoms with Crippen LogP contribution < -0.4 is 0 Å². The zero-order valence-corrected chi connectivity index (χ0v) is 10.9. The molecule has 3 nitrogen and oxygen atoms in total. The lowest BCUT2D eigenvalue weighted by Crippen LogP contribution is -2.54. The minimum absolute atomic E-state index is 0.141. The summed E-state index contributed by atoms with van der Waals surface area (Å²) in [4.78, 5) is 11.5. The largest absolute Gasteiger partial charge is 0.464 e. The Morgan fingerprint density at radius 2 is 2.18 bits per heavy atom. The molecule has 100 valence electrons. The molecule has 0 bridgehead atoms. The van der Waals surface area contributed by atoms with Crippen molar-refractivity contribution in [2.45, 2.75) is 58.2 Å². The van der Waals surface area contributed by atoms with Crippen LogP contribution in [0.3, 0.4) is 0 Å². The number of hydrogen-bond donors (Lipinski definition) is 1. The van der Waals surface area contributed by atoms with Gasteiger partial charge in [-0.1, -0.05) is 26.7 Å². The molecule has 0 amide bonds. The summed E-state index contributed by atoms with van der Waals surface area (Å²) >= 11 is 0. The molecule has 0 aromatic rings. The number of esters is 1. The van der Waals surface area contributed by atoms with Gasteiger partial charge in [-0.3, -0.25) is 0 Å². The molecule has 0 aliphatic heterocycles. The molecule has 0 radical (unpaired) electrons. The van der Waals surface area contributed by atoms with Crippen LogP contribution in [-0.2, 0) is 9.53 Å². The number of rotatable bonds is 4. The smallest absolute Gasteiger partial charge is 0.343 e. The second kappa shape index (κ2) is 5.80. The molecule has 0 spiro atoms. The highest BCUT2D eigenvalue weighted by Gasteiger charge is 2.50. The number of ether oxygens (including phenoxy) is 1. The first-order valence-corrected chi connectivity index (χ1v) is 6.46. The maximum absolute atomic E-state index is 14.1. The van der Waals surface area contributed by atoms with Crippen LogP contribution in [0, 0.1) is 11.8 Å². The fraction of sp³-hybridized carbons (Fsp3) is 0.923. The van der Waals surface area contributed by atoms with Gasteiger partial charge >= 0.3 is 5.97 Å². The van der Waals surface area contributed by atoms with E-state index in [0.29, 0.717) is 6.42 Å². The van der Waals surface area contributed by atoms with Gasteiger partial charge in [0.05, 0.1) is 6.61 Å². The third kappa shape index (κ3) is 2.97. The van der Waals surface area contributed by atoms with Gasteiger partial charge in [0.1, 0.15) is 5.60 Å². The van der Waals surface area contributed by atoms with Gasteiger partial charge in [0.2, 0.25) is 6.17 Å². The summed E-state index contributed by atoms with van der Waals surface area (Å²) in [6.45, 7) is 5.69.